The number of rotatable bonds is 2. The molecule has 0 saturated carbocycles. The number of anilines is 1. The average Bonchev–Trinajstić information content (AvgIpc) is 2.82. The maximum atomic E-state index is 13.0. The summed E-state index contributed by atoms with van der Waals surface area (Å²) in [5.41, 5.74) is 9.71. The molecule has 20 heavy (non-hydrogen) atoms. The second-order valence-electron chi connectivity index (χ2n) is 4.71. The number of aromatic nitrogens is 2. The van der Waals surface area contributed by atoms with Gasteiger partial charge in [0.2, 0.25) is 0 Å². The molecule has 1 aromatic heterocycles. The number of halogens is 1. The van der Waals surface area contributed by atoms with Crippen LogP contribution in [0, 0.1) is 12.7 Å². The molecule has 4 heteroatoms. The summed E-state index contributed by atoms with van der Waals surface area (Å²) in [5.74, 6) is 0.242. The predicted molar refractivity (Wildman–Crippen MR) is 78.1 cm³/mol. The van der Waals surface area contributed by atoms with E-state index in [1.54, 1.807) is 16.8 Å². The first-order valence-corrected chi connectivity index (χ1v) is 6.32. The molecule has 0 aliphatic rings. The van der Waals surface area contributed by atoms with Gasteiger partial charge < -0.3 is 5.73 Å². The number of aryl methyl sites for hydroxylation is 1. The largest absolute Gasteiger partial charge is 0.384 e. The van der Waals surface area contributed by atoms with Crippen LogP contribution in [0.3, 0.4) is 0 Å². The van der Waals surface area contributed by atoms with Crippen LogP contribution in [-0.4, -0.2) is 9.78 Å². The zero-order valence-corrected chi connectivity index (χ0v) is 11.0. The number of nitrogen functional groups attached to an aromatic ring is 1. The minimum absolute atomic E-state index is 0.279. The molecule has 1 heterocycles. The van der Waals surface area contributed by atoms with E-state index in [1.807, 2.05) is 31.2 Å². The Kier molecular flexibility index (Phi) is 2.99. The summed E-state index contributed by atoms with van der Waals surface area (Å²) in [4.78, 5) is 0. The fourth-order valence-corrected chi connectivity index (χ4v) is 2.13. The molecule has 3 rings (SSSR count). The summed E-state index contributed by atoms with van der Waals surface area (Å²) in [7, 11) is 0. The molecule has 0 amide bonds. The van der Waals surface area contributed by atoms with Crippen molar-refractivity contribution in [1.82, 2.24) is 9.78 Å². The minimum atomic E-state index is -0.279. The molecule has 0 fully saturated rings. The van der Waals surface area contributed by atoms with Gasteiger partial charge in [-0.25, -0.2) is 9.07 Å². The van der Waals surface area contributed by atoms with Crippen LogP contribution in [-0.2, 0) is 0 Å². The highest BCUT2D eigenvalue weighted by atomic mass is 19.1. The van der Waals surface area contributed by atoms with Crippen molar-refractivity contribution in [1.29, 1.82) is 0 Å². The highest BCUT2D eigenvalue weighted by Gasteiger charge is 2.09. The topological polar surface area (TPSA) is 43.8 Å². The number of hydrogen-bond donors (Lipinski definition) is 1. The average molecular weight is 267 g/mol. The Labute approximate surface area is 116 Å². The van der Waals surface area contributed by atoms with E-state index in [2.05, 4.69) is 11.2 Å². The van der Waals surface area contributed by atoms with Crippen LogP contribution in [0.15, 0.2) is 54.6 Å². The standard InChI is InChI=1S/C16H14FN3/c1-11-3-2-4-12(9-11)15-10-16(18)20(19-15)14-7-5-13(17)6-8-14/h2-10H,18H2,1H3. The first-order chi connectivity index (χ1) is 9.63. The molecule has 0 radical (unpaired) electrons. The fourth-order valence-electron chi connectivity index (χ4n) is 2.13. The summed E-state index contributed by atoms with van der Waals surface area (Å²) in [6.07, 6.45) is 0. The van der Waals surface area contributed by atoms with E-state index in [4.69, 9.17) is 5.73 Å². The molecular weight excluding hydrogens is 253 g/mol. The van der Waals surface area contributed by atoms with E-state index in [0.717, 1.165) is 22.5 Å². The lowest BCUT2D eigenvalue weighted by atomic mass is 10.1. The van der Waals surface area contributed by atoms with E-state index >= 15 is 0 Å². The van der Waals surface area contributed by atoms with Crippen LogP contribution in [0.5, 0.6) is 0 Å². The van der Waals surface area contributed by atoms with Crippen LogP contribution >= 0.6 is 0 Å². The SMILES string of the molecule is Cc1cccc(-c2cc(N)n(-c3ccc(F)cc3)n2)c1. The van der Waals surface area contributed by atoms with Crippen molar-refractivity contribution in [2.24, 2.45) is 0 Å². The van der Waals surface area contributed by atoms with Gasteiger partial charge in [0.1, 0.15) is 11.6 Å². The van der Waals surface area contributed by atoms with Crippen LogP contribution < -0.4 is 5.73 Å². The molecule has 0 atom stereocenters. The van der Waals surface area contributed by atoms with Gasteiger partial charge in [0, 0.05) is 11.6 Å². The first kappa shape index (κ1) is 12.4. The Morgan fingerprint density at radius 3 is 2.50 bits per heavy atom. The quantitative estimate of drug-likeness (QED) is 0.771. The number of nitrogens with zero attached hydrogens (tertiary/aromatic N) is 2. The van der Waals surface area contributed by atoms with Crippen molar-refractivity contribution in [3.8, 4) is 16.9 Å². The van der Waals surface area contributed by atoms with Crippen molar-refractivity contribution in [2.45, 2.75) is 6.92 Å². The Hall–Kier alpha value is -2.62. The predicted octanol–water partition coefficient (Wildman–Crippen LogP) is 3.57. The molecule has 0 saturated heterocycles. The van der Waals surface area contributed by atoms with Crippen molar-refractivity contribution in [3.05, 3.63) is 66.0 Å². The molecule has 0 aliphatic heterocycles. The zero-order valence-electron chi connectivity index (χ0n) is 11.0. The third-order valence-corrected chi connectivity index (χ3v) is 3.12. The van der Waals surface area contributed by atoms with Gasteiger partial charge in [0.25, 0.3) is 0 Å². The van der Waals surface area contributed by atoms with E-state index < -0.39 is 0 Å². The molecule has 0 spiro atoms. The van der Waals surface area contributed by atoms with Crippen molar-refractivity contribution >= 4 is 5.82 Å². The van der Waals surface area contributed by atoms with E-state index in [1.165, 1.54) is 12.1 Å². The molecule has 3 aromatic rings. The highest BCUT2D eigenvalue weighted by molar-refractivity contribution is 5.64. The van der Waals surface area contributed by atoms with Gasteiger partial charge in [0.05, 0.1) is 11.4 Å². The summed E-state index contributed by atoms with van der Waals surface area (Å²) in [5, 5.41) is 4.49. The first-order valence-electron chi connectivity index (χ1n) is 6.32. The molecule has 3 nitrogen and oxygen atoms in total. The second kappa shape index (κ2) is 4.81. The molecule has 2 N–H and O–H groups in total. The Bertz CT molecular complexity index is 745. The van der Waals surface area contributed by atoms with Crippen LogP contribution in [0.1, 0.15) is 5.56 Å². The highest BCUT2D eigenvalue weighted by Crippen LogP contribution is 2.23. The minimum Gasteiger partial charge on any atom is -0.384 e. The molecule has 100 valence electrons. The molecular formula is C16H14FN3. The van der Waals surface area contributed by atoms with Gasteiger partial charge >= 0.3 is 0 Å². The summed E-state index contributed by atoms with van der Waals surface area (Å²) in [6.45, 7) is 2.03. The molecule has 0 unspecified atom stereocenters. The van der Waals surface area contributed by atoms with Crippen molar-refractivity contribution in [3.63, 3.8) is 0 Å². The second-order valence-corrected chi connectivity index (χ2v) is 4.71. The molecule has 0 aliphatic carbocycles. The van der Waals surface area contributed by atoms with Gasteiger partial charge in [-0.1, -0.05) is 23.8 Å². The molecule has 0 bridgehead atoms. The van der Waals surface area contributed by atoms with Gasteiger partial charge in [-0.15, -0.1) is 0 Å². The normalized spacial score (nSPS) is 10.7. The van der Waals surface area contributed by atoms with Gasteiger partial charge in [-0.3, -0.25) is 0 Å². The van der Waals surface area contributed by atoms with Crippen LogP contribution in [0.2, 0.25) is 0 Å². The monoisotopic (exact) mass is 267 g/mol. The van der Waals surface area contributed by atoms with Gasteiger partial charge in [-0.05, 0) is 37.3 Å². The smallest absolute Gasteiger partial charge is 0.127 e. The van der Waals surface area contributed by atoms with Crippen molar-refractivity contribution in [2.75, 3.05) is 5.73 Å². The van der Waals surface area contributed by atoms with Gasteiger partial charge in [-0.2, -0.15) is 5.10 Å². The van der Waals surface area contributed by atoms with E-state index in [9.17, 15) is 4.39 Å². The Morgan fingerprint density at radius 2 is 1.80 bits per heavy atom. The summed E-state index contributed by atoms with van der Waals surface area (Å²) >= 11 is 0. The zero-order chi connectivity index (χ0) is 14.1. The van der Waals surface area contributed by atoms with Crippen LogP contribution in [0.4, 0.5) is 10.2 Å². The third kappa shape index (κ3) is 2.28. The third-order valence-electron chi connectivity index (χ3n) is 3.12. The number of nitrogens with two attached hydrogens (primary N) is 1. The fraction of sp³-hybridized carbons (Fsp3) is 0.0625. The maximum absolute atomic E-state index is 13.0. The summed E-state index contributed by atoms with van der Waals surface area (Å²) < 4.78 is 14.6. The Balaban J connectivity index is 2.05. The van der Waals surface area contributed by atoms with Crippen LogP contribution in [0.25, 0.3) is 16.9 Å². The van der Waals surface area contributed by atoms with Crippen molar-refractivity contribution < 1.29 is 4.39 Å². The van der Waals surface area contributed by atoms with E-state index in [-0.39, 0.29) is 5.82 Å². The lowest BCUT2D eigenvalue weighted by Gasteiger charge is -2.03. The molecule has 2 aromatic carbocycles. The lowest BCUT2D eigenvalue weighted by molar-refractivity contribution is 0.627. The number of benzene rings is 2. The lowest BCUT2D eigenvalue weighted by Crippen LogP contribution is -2.01. The van der Waals surface area contributed by atoms with E-state index in [0.29, 0.717) is 5.82 Å². The summed E-state index contributed by atoms with van der Waals surface area (Å²) in [6, 6.07) is 16.0. The number of hydrogen-bond acceptors (Lipinski definition) is 2. The maximum Gasteiger partial charge on any atom is 0.127 e. The van der Waals surface area contributed by atoms with Gasteiger partial charge in [0.15, 0.2) is 0 Å². The Morgan fingerprint density at radius 1 is 1.05 bits per heavy atom.